The molecule has 0 radical (unpaired) electrons. The number of nitrogens with zero attached hydrogens (tertiary/aromatic N) is 2. The van der Waals surface area contributed by atoms with Crippen LogP contribution in [-0.2, 0) is 4.79 Å². The maximum Gasteiger partial charge on any atom is 0.291 e. The zero-order valence-corrected chi connectivity index (χ0v) is 20.2. The summed E-state index contributed by atoms with van der Waals surface area (Å²) in [7, 11) is 0. The Labute approximate surface area is 207 Å². The van der Waals surface area contributed by atoms with Crippen molar-refractivity contribution in [1.29, 1.82) is 0 Å². The molecule has 0 saturated carbocycles. The number of furan rings is 1. The minimum Gasteiger partial charge on any atom is -0.451 e. The maximum atomic E-state index is 12.9. The second-order valence-corrected chi connectivity index (χ2v) is 8.88. The van der Waals surface area contributed by atoms with E-state index in [1.165, 1.54) is 0 Å². The number of carbonyl (C=O) groups is 2. The first-order valence-electron chi connectivity index (χ1n) is 10.5. The van der Waals surface area contributed by atoms with Gasteiger partial charge in [-0.05, 0) is 48.5 Å². The van der Waals surface area contributed by atoms with Crippen LogP contribution in [0.5, 0.6) is 0 Å². The molecule has 3 aromatic rings. The molecule has 33 heavy (non-hydrogen) atoms. The van der Waals surface area contributed by atoms with Crippen LogP contribution < -0.4 is 10.2 Å². The van der Waals surface area contributed by atoms with Crippen molar-refractivity contribution < 1.29 is 14.0 Å². The molecule has 2 heterocycles. The highest BCUT2D eigenvalue weighted by atomic mass is 35.5. The highest BCUT2D eigenvalue weighted by Gasteiger charge is 2.23. The van der Waals surface area contributed by atoms with E-state index in [4.69, 9.17) is 39.2 Å². The Balaban J connectivity index is 1.51. The molecular formula is C24H22Cl3N3O3. The third-order valence-electron chi connectivity index (χ3n) is 5.52. The number of piperazine rings is 1. The summed E-state index contributed by atoms with van der Waals surface area (Å²) in [4.78, 5) is 28.9. The van der Waals surface area contributed by atoms with E-state index < -0.39 is 5.91 Å². The molecule has 1 aromatic heterocycles. The lowest BCUT2D eigenvalue weighted by Crippen LogP contribution is -2.48. The average Bonchev–Trinajstić information content (AvgIpc) is 3.31. The van der Waals surface area contributed by atoms with Crippen LogP contribution in [0.3, 0.4) is 0 Å². The normalized spacial score (nSPS) is 13.8. The molecule has 1 fully saturated rings. The van der Waals surface area contributed by atoms with Gasteiger partial charge in [-0.2, -0.15) is 0 Å². The van der Waals surface area contributed by atoms with Crippen LogP contribution in [0.1, 0.15) is 23.9 Å². The molecular weight excluding hydrogens is 485 g/mol. The van der Waals surface area contributed by atoms with Gasteiger partial charge in [0.1, 0.15) is 5.76 Å². The average molecular weight is 507 g/mol. The first-order chi connectivity index (χ1) is 15.9. The number of carbonyl (C=O) groups excluding carboxylic acids is 2. The number of nitrogens with one attached hydrogen (secondary N) is 1. The summed E-state index contributed by atoms with van der Waals surface area (Å²) in [5.74, 6) is 0.404. The fourth-order valence-corrected chi connectivity index (χ4v) is 4.22. The largest absolute Gasteiger partial charge is 0.451 e. The summed E-state index contributed by atoms with van der Waals surface area (Å²) >= 11 is 18.3. The number of rotatable bonds is 5. The van der Waals surface area contributed by atoms with E-state index in [-0.39, 0.29) is 11.7 Å². The van der Waals surface area contributed by atoms with E-state index >= 15 is 0 Å². The Kier molecular flexibility index (Phi) is 7.17. The maximum absolute atomic E-state index is 12.9. The lowest BCUT2D eigenvalue weighted by molar-refractivity contribution is -0.131. The topological polar surface area (TPSA) is 65.8 Å². The summed E-state index contributed by atoms with van der Waals surface area (Å²) in [5.41, 5.74) is 2.13. The zero-order chi connectivity index (χ0) is 23.5. The number of hydrogen-bond acceptors (Lipinski definition) is 4. The van der Waals surface area contributed by atoms with Crippen molar-refractivity contribution >= 4 is 58.0 Å². The van der Waals surface area contributed by atoms with Crippen LogP contribution in [0, 0.1) is 0 Å². The molecule has 0 bridgehead atoms. The van der Waals surface area contributed by atoms with Gasteiger partial charge in [0, 0.05) is 43.2 Å². The van der Waals surface area contributed by atoms with E-state index in [2.05, 4.69) is 10.2 Å². The molecule has 6 nitrogen and oxygen atoms in total. The first kappa shape index (κ1) is 23.5. The predicted molar refractivity (Wildman–Crippen MR) is 133 cm³/mol. The van der Waals surface area contributed by atoms with Crippen molar-refractivity contribution in [1.82, 2.24) is 4.90 Å². The van der Waals surface area contributed by atoms with Crippen LogP contribution in [0.15, 0.2) is 52.9 Å². The number of anilines is 2. The van der Waals surface area contributed by atoms with Gasteiger partial charge in [-0.15, -0.1) is 0 Å². The third-order valence-corrected chi connectivity index (χ3v) is 6.49. The van der Waals surface area contributed by atoms with Gasteiger partial charge < -0.3 is 19.5 Å². The quantitative estimate of drug-likeness (QED) is 0.446. The Hall–Kier alpha value is -2.67. The number of hydrogen-bond donors (Lipinski definition) is 1. The van der Waals surface area contributed by atoms with Crippen molar-refractivity contribution in [2.24, 2.45) is 0 Å². The third kappa shape index (κ3) is 5.29. The Bertz CT molecular complexity index is 1190. The van der Waals surface area contributed by atoms with Crippen molar-refractivity contribution in [3.8, 4) is 11.3 Å². The van der Waals surface area contributed by atoms with E-state index in [1.54, 1.807) is 42.5 Å². The Morgan fingerprint density at radius 2 is 1.70 bits per heavy atom. The highest BCUT2D eigenvalue weighted by molar-refractivity contribution is 6.42. The number of halogens is 3. The predicted octanol–water partition coefficient (Wildman–Crippen LogP) is 6.22. The van der Waals surface area contributed by atoms with Crippen molar-refractivity contribution in [3.05, 3.63) is 69.4 Å². The highest BCUT2D eigenvalue weighted by Crippen LogP contribution is 2.32. The standard InChI is InChI=1S/C24H22Cl3N3O3/c1-2-23(31)30-11-9-29(10-12-30)20-6-4-16(25)14-19(20)28-24(32)22-8-7-21(33-22)15-3-5-17(26)18(27)13-15/h3-8,13-14H,2,9-12H2,1H3,(H,28,32). The fourth-order valence-electron chi connectivity index (χ4n) is 3.75. The van der Waals surface area contributed by atoms with Crippen LogP contribution >= 0.6 is 34.8 Å². The van der Waals surface area contributed by atoms with E-state index in [0.717, 1.165) is 5.69 Å². The van der Waals surface area contributed by atoms with Gasteiger partial charge in [-0.1, -0.05) is 41.7 Å². The van der Waals surface area contributed by atoms with Gasteiger partial charge in [0.25, 0.3) is 5.91 Å². The molecule has 172 valence electrons. The molecule has 2 amide bonds. The second kappa shape index (κ2) is 10.1. The zero-order valence-electron chi connectivity index (χ0n) is 17.9. The summed E-state index contributed by atoms with van der Waals surface area (Å²) in [6.07, 6.45) is 0.496. The number of amides is 2. The SMILES string of the molecule is CCC(=O)N1CCN(c2ccc(Cl)cc2NC(=O)c2ccc(-c3ccc(Cl)c(Cl)c3)o2)CC1. The molecule has 1 N–H and O–H groups in total. The van der Waals surface area contributed by atoms with Crippen LogP contribution in [0.4, 0.5) is 11.4 Å². The molecule has 2 aromatic carbocycles. The van der Waals surface area contributed by atoms with E-state index in [9.17, 15) is 9.59 Å². The lowest BCUT2D eigenvalue weighted by atomic mass is 10.2. The molecule has 0 aliphatic carbocycles. The second-order valence-electron chi connectivity index (χ2n) is 7.63. The van der Waals surface area contributed by atoms with E-state index in [0.29, 0.717) is 64.7 Å². The van der Waals surface area contributed by atoms with Gasteiger partial charge in [0.15, 0.2) is 5.76 Å². The minimum absolute atomic E-state index is 0.148. The minimum atomic E-state index is -0.398. The molecule has 1 saturated heterocycles. The van der Waals surface area contributed by atoms with Crippen molar-refractivity contribution in [3.63, 3.8) is 0 Å². The summed E-state index contributed by atoms with van der Waals surface area (Å²) in [6.45, 7) is 4.46. The lowest BCUT2D eigenvalue weighted by Gasteiger charge is -2.37. The van der Waals surface area contributed by atoms with Gasteiger partial charge in [0.05, 0.1) is 21.4 Å². The van der Waals surface area contributed by atoms with Gasteiger partial charge in [-0.25, -0.2) is 0 Å². The first-order valence-corrected chi connectivity index (χ1v) is 11.7. The summed E-state index contributed by atoms with van der Waals surface area (Å²) in [6, 6.07) is 13.8. The van der Waals surface area contributed by atoms with Crippen LogP contribution in [0.2, 0.25) is 15.1 Å². The van der Waals surface area contributed by atoms with Crippen molar-refractivity contribution in [2.45, 2.75) is 13.3 Å². The fraction of sp³-hybridized carbons (Fsp3) is 0.250. The van der Waals surface area contributed by atoms with E-state index in [1.807, 2.05) is 17.9 Å². The molecule has 1 aliphatic heterocycles. The van der Waals surface area contributed by atoms with Crippen molar-refractivity contribution in [2.75, 3.05) is 36.4 Å². The Morgan fingerprint density at radius 3 is 2.39 bits per heavy atom. The number of benzene rings is 2. The Morgan fingerprint density at radius 1 is 0.939 bits per heavy atom. The molecule has 0 spiro atoms. The molecule has 0 atom stereocenters. The monoisotopic (exact) mass is 505 g/mol. The van der Waals surface area contributed by atoms with Gasteiger partial charge in [-0.3, -0.25) is 9.59 Å². The molecule has 9 heteroatoms. The van der Waals surface area contributed by atoms with Crippen LogP contribution in [0.25, 0.3) is 11.3 Å². The van der Waals surface area contributed by atoms with Gasteiger partial charge >= 0.3 is 0 Å². The smallest absolute Gasteiger partial charge is 0.291 e. The molecule has 4 rings (SSSR count). The summed E-state index contributed by atoms with van der Waals surface area (Å²) < 4.78 is 5.76. The summed E-state index contributed by atoms with van der Waals surface area (Å²) in [5, 5.41) is 4.26. The van der Waals surface area contributed by atoms with Gasteiger partial charge in [0.2, 0.25) is 5.91 Å². The van der Waals surface area contributed by atoms with Crippen LogP contribution in [-0.4, -0.2) is 42.9 Å². The molecule has 1 aliphatic rings. The molecule has 0 unspecified atom stereocenters.